The molecule has 0 amide bonds. The molecule has 0 radical (unpaired) electrons. The van der Waals surface area contributed by atoms with Crippen molar-refractivity contribution in [2.24, 2.45) is 0 Å². The van der Waals surface area contributed by atoms with Crippen LogP contribution in [0.2, 0.25) is 0 Å². The third kappa shape index (κ3) is 6.94. The molecule has 0 aliphatic heterocycles. The van der Waals surface area contributed by atoms with Gasteiger partial charge in [-0.05, 0) is 28.3 Å². The number of nitrogens with zero attached hydrogens (tertiary/aromatic N) is 3. The Hall–Kier alpha value is -4.11. The second-order valence-electron chi connectivity index (χ2n) is 7.71. The Balaban J connectivity index is 1.54. The van der Waals surface area contributed by atoms with E-state index in [1.165, 1.54) is 16.7 Å². The minimum atomic E-state index is 0.717. The molecule has 0 fully saturated rings. The summed E-state index contributed by atoms with van der Waals surface area (Å²) in [6.07, 6.45) is 15.1. The molecule has 0 aliphatic carbocycles. The van der Waals surface area contributed by atoms with Gasteiger partial charge in [-0.1, -0.05) is 127 Å². The molecule has 4 rings (SSSR count). The van der Waals surface area contributed by atoms with Gasteiger partial charge in [0.1, 0.15) is 0 Å². The fourth-order valence-electron chi connectivity index (χ4n) is 3.60. The van der Waals surface area contributed by atoms with Crippen LogP contribution in [0.5, 0.6) is 0 Å². The quantitative estimate of drug-likeness (QED) is 0.299. The second kappa shape index (κ2) is 12.1. The molecular weight excluding hydrogens is 402 g/mol. The van der Waals surface area contributed by atoms with Crippen molar-refractivity contribution in [2.45, 2.75) is 19.3 Å². The Morgan fingerprint density at radius 2 is 0.818 bits per heavy atom. The third-order valence-corrected chi connectivity index (χ3v) is 5.30. The van der Waals surface area contributed by atoms with E-state index in [-0.39, 0.29) is 0 Å². The fraction of sp³-hybridized carbons (Fsp3) is 0.100. The van der Waals surface area contributed by atoms with Gasteiger partial charge in [-0.15, -0.1) is 10.2 Å². The van der Waals surface area contributed by atoms with Gasteiger partial charge in [-0.2, -0.15) is 0 Å². The first kappa shape index (κ1) is 22.1. The van der Waals surface area contributed by atoms with Crippen LogP contribution in [0.3, 0.4) is 0 Å². The molecule has 33 heavy (non-hydrogen) atoms. The zero-order valence-electron chi connectivity index (χ0n) is 18.6. The van der Waals surface area contributed by atoms with Crippen molar-refractivity contribution in [3.63, 3.8) is 0 Å². The molecule has 3 aromatic carbocycles. The number of hydrogen-bond donors (Lipinski definition) is 0. The van der Waals surface area contributed by atoms with Gasteiger partial charge in [-0.3, -0.25) is 0 Å². The van der Waals surface area contributed by atoms with Gasteiger partial charge < -0.3 is 0 Å². The van der Waals surface area contributed by atoms with E-state index in [4.69, 9.17) is 0 Å². The summed E-state index contributed by atoms with van der Waals surface area (Å²) in [6.45, 7) is 0. The van der Waals surface area contributed by atoms with Crippen molar-refractivity contribution >= 4 is 18.2 Å². The minimum Gasteiger partial charge on any atom is -0.135 e. The van der Waals surface area contributed by atoms with Crippen LogP contribution >= 0.6 is 0 Å². The van der Waals surface area contributed by atoms with Gasteiger partial charge in [0.2, 0.25) is 0 Å². The molecule has 162 valence electrons. The van der Waals surface area contributed by atoms with E-state index in [1.807, 2.05) is 42.5 Å². The van der Waals surface area contributed by atoms with Crippen LogP contribution in [0.25, 0.3) is 18.2 Å². The Morgan fingerprint density at radius 1 is 0.455 bits per heavy atom. The molecular formula is C30H27N3. The first-order chi connectivity index (χ1) is 16.4. The van der Waals surface area contributed by atoms with Crippen LogP contribution in [-0.2, 0) is 19.3 Å². The van der Waals surface area contributed by atoms with Crippen LogP contribution in [0.1, 0.15) is 33.6 Å². The van der Waals surface area contributed by atoms with E-state index >= 15 is 0 Å². The normalized spacial score (nSPS) is 11.6. The highest BCUT2D eigenvalue weighted by atomic mass is 15.3. The van der Waals surface area contributed by atoms with Gasteiger partial charge in [0.05, 0.1) is 11.4 Å². The van der Waals surface area contributed by atoms with Crippen molar-refractivity contribution in [2.75, 3.05) is 0 Å². The molecule has 1 aromatic heterocycles. The van der Waals surface area contributed by atoms with Crippen molar-refractivity contribution in [3.8, 4) is 0 Å². The Bertz CT molecular complexity index is 1140. The van der Waals surface area contributed by atoms with Gasteiger partial charge in [0, 0.05) is 18.4 Å². The molecule has 0 unspecified atom stereocenters. The lowest BCUT2D eigenvalue weighted by Crippen LogP contribution is -2.07. The molecule has 1 heterocycles. The second-order valence-corrected chi connectivity index (χ2v) is 7.71. The van der Waals surface area contributed by atoms with Gasteiger partial charge in [0.25, 0.3) is 0 Å². The van der Waals surface area contributed by atoms with Crippen LogP contribution in [0, 0.1) is 0 Å². The molecule has 0 bridgehead atoms. The summed E-state index contributed by atoms with van der Waals surface area (Å²) < 4.78 is 0. The molecule has 0 spiro atoms. The summed E-state index contributed by atoms with van der Waals surface area (Å²) in [6, 6.07) is 30.9. The molecule has 4 aromatic rings. The maximum Gasteiger partial charge on any atom is 0.0740 e. The van der Waals surface area contributed by atoms with E-state index in [2.05, 4.69) is 100 Å². The molecule has 3 heteroatoms. The molecule has 3 nitrogen and oxygen atoms in total. The zero-order chi connectivity index (χ0) is 22.6. The predicted octanol–water partition coefficient (Wildman–Crippen LogP) is 6.64. The molecule has 0 saturated carbocycles. The fourth-order valence-corrected chi connectivity index (χ4v) is 3.60. The summed E-state index contributed by atoms with van der Waals surface area (Å²) in [5.41, 5.74) is 6.62. The summed E-state index contributed by atoms with van der Waals surface area (Å²) >= 11 is 0. The minimum absolute atomic E-state index is 0.717. The van der Waals surface area contributed by atoms with Crippen molar-refractivity contribution in [1.29, 1.82) is 0 Å². The monoisotopic (exact) mass is 429 g/mol. The lowest BCUT2D eigenvalue weighted by Gasteiger charge is -2.08. The van der Waals surface area contributed by atoms with Crippen molar-refractivity contribution in [1.82, 2.24) is 15.4 Å². The first-order valence-electron chi connectivity index (χ1n) is 11.2. The summed E-state index contributed by atoms with van der Waals surface area (Å²) in [7, 11) is 0. The molecule has 0 atom stereocenters. The Labute approximate surface area is 195 Å². The van der Waals surface area contributed by atoms with Gasteiger partial charge in [-0.25, -0.2) is 0 Å². The number of hydrogen-bond acceptors (Lipinski definition) is 3. The average molecular weight is 430 g/mol. The summed E-state index contributed by atoms with van der Waals surface area (Å²) in [4.78, 5) is 0. The highest BCUT2D eigenvalue weighted by molar-refractivity contribution is 5.52. The highest BCUT2D eigenvalue weighted by Crippen LogP contribution is 2.16. The molecule has 0 aliphatic rings. The molecule has 0 N–H and O–H groups in total. The Morgan fingerprint density at radius 3 is 1.21 bits per heavy atom. The SMILES string of the molecule is C(=Cc1ccccc1)Cc1nnnc(CC=Cc2ccccc2)c1CC=Cc1ccccc1. The lowest BCUT2D eigenvalue weighted by molar-refractivity contribution is 0.769. The van der Waals surface area contributed by atoms with E-state index in [9.17, 15) is 0 Å². The number of aromatic nitrogens is 3. The number of allylic oxidation sites excluding steroid dienone is 3. The number of rotatable bonds is 9. The van der Waals surface area contributed by atoms with E-state index in [0.717, 1.165) is 23.4 Å². The standard InChI is InChI=1S/C30H27N3/c1-4-13-25(14-5-1)19-10-22-28-29(23-11-20-26-15-6-2-7-16-26)31-33-32-30(28)24-12-21-27-17-8-3-9-18-27/h1-21H,22-24H2. The average Bonchev–Trinajstić information content (AvgIpc) is 2.87. The summed E-state index contributed by atoms with van der Waals surface area (Å²) in [5.74, 6) is 0. The summed E-state index contributed by atoms with van der Waals surface area (Å²) in [5, 5.41) is 12.9. The van der Waals surface area contributed by atoms with Crippen LogP contribution in [-0.4, -0.2) is 15.4 Å². The van der Waals surface area contributed by atoms with Crippen molar-refractivity contribution < 1.29 is 0 Å². The zero-order valence-corrected chi connectivity index (χ0v) is 18.6. The van der Waals surface area contributed by atoms with E-state index in [1.54, 1.807) is 0 Å². The lowest BCUT2D eigenvalue weighted by atomic mass is 10.0. The van der Waals surface area contributed by atoms with Gasteiger partial charge >= 0.3 is 0 Å². The third-order valence-electron chi connectivity index (χ3n) is 5.30. The largest absolute Gasteiger partial charge is 0.135 e. The topological polar surface area (TPSA) is 38.7 Å². The van der Waals surface area contributed by atoms with Crippen molar-refractivity contribution in [3.05, 3.63) is 143 Å². The maximum atomic E-state index is 4.39. The van der Waals surface area contributed by atoms with Gasteiger partial charge in [0.15, 0.2) is 0 Å². The number of benzene rings is 3. The molecule has 0 saturated heterocycles. The highest BCUT2D eigenvalue weighted by Gasteiger charge is 2.10. The Kier molecular flexibility index (Phi) is 8.08. The van der Waals surface area contributed by atoms with Crippen LogP contribution in [0.4, 0.5) is 0 Å². The van der Waals surface area contributed by atoms with Crippen LogP contribution in [0.15, 0.2) is 109 Å². The maximum absolute atomic E-state index is 4.39. The van der Waals surface area contributed by atoms with E-state index < -0.39 is 0 Å². The predicted molar refractivity (Wildman–Crippen MR) is 137 cm³/mol. The van der Waals surface area contributed by atoms with Crippen LogP contribution < -0.4 is 0 Å². The van der Waals surface area contributed by atoms with E-state index in [0.29, 0.717) is 12.8 Å². The first-order valence-corrected chi connectivity index (χ1v) is 11.2. The smallest absolute Gasteiger partial charge is 0.0740 e.